The average molecular weight is 421 g/mol. The fourth-order valence-corrected chi connectivity index (χ4v) is 4.46. The molecule has 1 aliphatic heterocycles. The van der Waals surface area contributed by atoms with Gasteiger partial charge in [0.25, 0.3) is 5.91 Å². The number of urea groups is 1. The number of hydrogen-bond acceptors (Lipinski definition) is 4. The highest BCUT2D eigenvalue weighted by Gasteiger charge is 2.51. The Kier molecular flexibility index (Phi) is 6.80. The van der Waals surface area contributed by atoms with Crippen molar-refractivity contribution in [2.24, 2.45) is 0 Å². The van der Waals surface area contributed by atoms with Crippen LogP contribution in [0.5, 0.6) is 0 Å². The summed E-state index contributed by atoms with van der Waals surface area (Å²) in [5.74, 6) is -0.383. The maximum absolute atomic E-state index is 12.8. The molecule has 1 saturated heterocycles. The number of benzene rings is 1. The van der Waals surface area contributed by atoms with Crippen LogP contribution in [0.3, 0.4) is 0 Å². The summed E-state index contributed by atoms with van der Waals surface area (Å²) in [5.41, 5.74) is 0.194. The predicted molar refractivity (Wildman–Crippen MR) is 112 cm³/mol. The molecule has 1 spiro atoms. The van der Waals surface area contributed by atoms with E-state index in [1.165, 1.54) is 4.90 Å². The minimum atomic E-state index is -0.744. The van der Waals surface area contributed by atoms with E-state index < -0.39 is 5.54 Å². The van der Waals surface area contributed by atoms with Crippen LogP contribution in [0.15, 0.2) is 24.3 Å². The lowest BCUT2D eigenvalue weighted by molar-refractivity contribution is -0.132. The molecule has 8 heteroatoms. The number of carbonyl (C=O) groups excluding carboxylic acids is 3. The number of likely N-dealkylation sites (N-methyl/N-ethyl adjacent to an activating group) is 1. The van der Waals surface area contributed by atoms with E-state index in [1.54, 1.807) is 0 Å². The number of hydrogen-bond donors (Lipinski definition) is 2. The second-order valence-corrected chi connectivity index (χ2v) is 8.49. The summed E-state index contributed by atoms with van der Waals surface area (Å²) in [6.07, 6.45) is 4.41. The summed E-state index contributed by atoms with van der Waals surface area (Å²) in [5, 5.41) is 6.43. The number of nitrogens with zero attached hydrogens (tertiary/aromatic N) is 2. The highest BCUT2D eigenvalue weighted by atomic mass is 35.5. The third-order valence-electron chi connectivity index (χ3n) is 5.90. The van der Waals surface area contributed by atoms with Gasteiger partial charge in [-0.1, -0.05) is 49.1 Å². The van der Waals surface area contributed by atoms with Crippen LogP contribution in [0, 0.1) is 0 Å². The van der Waals surface area contributed by atoms with E-state index in [2.05, 4.69) is 10.6 Å². The molecular weight excluding hydrogens is 392 g/mol. The summed E-state index contributed by atoms with van der Waals surface area (Å²) in [4.78, 5) is 40.6. The summed E-state index contributed by atoms with van der Waals surface area (Å²) in [6, 6.07) is 7.10. The molecule has 2 aliphatic rings. The molecule has 7 nitrogen and oxygen atoms in total. The van der Waals surface area contributed by atoms with Crippen molar-refractivity contribution in [3.05, 3.63) is 34.9 Å². The van der Waals surface area contributed by atoms with Crippen LogP contribution in [0.2, 0.25) is 5.02 Å². The van der Waals surface area contributed by atoms with Gasteiger partial charge in [0.15, 0.2) is 0 Å². The highest BCUT2D eigenvalue weighted by Crippen LogP contribution is 2.33. The Balaban J connectivity index is 1.54. The monoisotopic (exact) mass is 420 g/mol. The van der Waals surface area contributed by atoms with E-state index in [0.717, 1.165) is 24.8 Å². The molecule has 2 fully saturated rings. The Morgan fingerprint density at radius 3 is 2.59 bits per heavy atom. The van der Waals surface area contributed by atoms with Crippen molar-refractivity contribution in [1.29, 1.82) is 0 Å². The molecule has 1 unspecified atom stereocenters. The molecule has 0 radical (unpaired) electrons. The van der Waals surface area contributed by atoms with Gasteiger partial charge in [0.2, 0.25) is 5.91 Å². The lowest BCUT2D eigenvalue weighted by Crippen LogP contribution is -2.48. The Bertz CT molecular complexity index is 777. The molecule has 2 N–H and O–H groups in total. The van der Waals surface area contributed by atoms with Crippen molar-refractivity contribution in [2.75, 3.05) is 27.2 Å². The lowest BCUT2D eigenvalue weighted by Gasteiger charge is -2.30. The minimum Gasteiger partial charge on any atom is -0.354 e. The Morgan fingerprint density at radius 2 is 1.93 bits per heavy atom. The molecule has 1 saturated carbocycles. The molecule has 0 bridgehead atoms. The number of nitrogens with one attached hydrogen (secondary N) is 2. The molecule has 3 rings (SSSR count). The number of amides is 4. The van der Waals surface area contributed by atoms with Crippen molar-refractivity contribution < 1.29 is 14.4 Å². The van der Waals surface area contributed by atoms with Crippen molar-refractivity contribution in [3.63, 3.8) is 0 Å². The number of imide groups is 1. The van der Waals surface area contributed by atoms with Gasteiger partial charge in [-0.25, -0.2) is 4.79 Å². The van der Waals surface area contributed by atoms with Gasteiger partial charge in [-0.15, -0.1) is 0 Å². The van der Waals surface area contributed by atoms with E-state index in [0.29, 0.717) is 24.4 Å². The zero-order valence-electron chi connectivity index (χ0n) is 17.0. The van der Waals surface area contributed by atoms with E-state index in [-0.39, 0.29) is 36.9 Å². The normalized spacial score (nSPS) is 19.5. The molecule has 1 aromatic carbocycles. The van der Waals surface area contributed by atoms with Gasteiger partial charge in [-0.3, -0.25) is 14.5 Å². The van der Waals surface area contributed by atoms with Crippen molar-refractivity contribution in [1.82, 2.24) is 20.4 Å². The zero-order chi connectivity index (χ0) is 21.0. The summed E-state index contributed by atoms with van der Waals surface area (Å²) in [6.45, 7) is 0.483. The molecule has 1 aliphatic carbocycles. The molecule has 1 aromatic rings. The highest BCUT2D eigenvalue weighted by molar-refractivity contribution is 6.31. The quantitative estimate of drug-likeness (QED) is 0.664. The zero-order valence-corrected chi connectivity index (χ0v) is 17.8. The lowest BCUT2D eigenvalue weighted by atomic mass is 9.82. The van der Waals surface area contributed by atoms with E-state index in [9.17, 15) is 14.4 Å². The fraction of sp³-hybridized carbons (Fsp3) is 0.571. The van der Waals surface area contributed by atoms with Gasteiger partial charge in [0, 0.05) is 24.5 Å². The topological polar surface area (TPSA) is 81.8 Å². The van der Waals surface area contributed by atoms with E-state index in [4.69, 9.17) is 11.6 Å². The van der Waals surface area contributed by atoms with Gasteiger partial charge in [0.1, 0.15) is 5.54 Å². The van der Waals surface area contributed by atoms with Crippen LogP contribution in [0.25, 0.3) is 0 Å². The molecule has 1 atom stereocenters. The maximum Gasteiger partial charge on any atom is 0.325 e. The van der Waals surface area contributed by atoms with Crippen molar-refractivity contribution >= 4 is 29.4 Å². The van der Waals surface area contributed by atoms with Gasteiger partial charge in [-0.05, 0) is 38.6 Å². The third kappa shape index (κ3) is 4.73. The van der Waals surface area contributed by atoms with Crippen LogP contribution in [-0.4, -0.2) is 60.4 Å². The van der Waals surface area contributed by atoms with Crippen molar-refractivity contribution in [2.45, 2.75) is 50.1 Å². The largest absolute Gasteiger partial charge is 0.354 e. The van der Waals surface area contributed by atoms with Gasteiger partial charge < -0.3 is 15.5 Å². The first-order chi connectivity index (χ1) is 13.8. The first kappa shape index (κ1) is 21.6. The van der Waals surface area contributed by atoms with E-state index >= 15 is 0 Å². The summed E-state index contributed by atoms with van der Waals surface area (Å²) >= 11 is 6.30. The molecule has 158 valence electrons. The second-order valence-electron chi connectivity index (χ2n) is 8.08. The first-order valence-electron chi connectivity index (χ1n) is 10.2. The fourth-order valence-electron chi connectivity index (χ4n) is 4.20. The number of rotatable bonds is 7. The Labute approximate surface area is 176 Å². The number of halogens is 1. The van der Waals surface area contributed by atoms with Gasteiger partial charge in [-0.2, -0.15) is 0 Å². The van der Waals surface area contributed by atoms with Gasteiger partial charge in [0.05, 0.1) is 6.04 Å². The predicted octanol–water partition coefficient (Wildman–Crippen LogP) is 2.70. The molecule has 0 aromatic heterocycles. The van der Waals surface area contributed by atoms with Crippen LogP contribution < -0.4 is 10.6 Å². The standard InChI is InChI=1S/C21H29ClN4O3/c1-25(2)17(15-8-4-5-9-16(15)22)14-23-18(27)10-13-26-19(28)21(24-20(26)29)11-6-3-7-12-21/h4-5,8-9,17H,3,6-7,10-14H2,1-2H3,(H,23,27)(H,24,29). The van der Waals surface area contributed by atoms with Gasteiger partial charge >= 0.3 is 6.03 Å². The Morgan fingerprint density at radius 1 is 1.24 bits per heavy atom. The SMILES string of the molecule is CN(C)C(CNC(=O)CCN1C(=O)NC2(CCCCC2)C1=O)c1ccccc1Cl. The summed E-state index contributed by atoms with van der Waals surface area (Å²) < 4.78 is 0. The smallest absolute Gasteiger partial charge is 0.325 e. The van der Waals surface area contributed by atoms with E-state index in [1.807, 2.05) is 43.3 Å². The number of carbonyl (C=O) groups is 3. The van der Waals surface area contributed by atoms with Crippen LogP contribution >= 0.6 is 11.6 Å². The molecular formula is C21H29ClN4O3. The van der Waals surface area contributed by atoms with Crippen molar-refractivity contribution in [3.8, 4) is 0 Å². The van der Waals surface area contributed by atoms with Crippen LogP contribution in [-0.2, 0) is 9.59 Å². The molecule has 4 amide bonds. The second kappa shape index (κ2) is 9.13. The minimum absolute atomic E-state index is 0.0742. The maximum atomic E-state index is 12.8. The molecule has 1 heterocycles. The molecule has 29 heavy (non-hydrogen) atoms. The first-order valence-corrected chi connectivity index (χ1v) is 10.5. The van der Waals surface area contributed by atoms with Crippen LogP contribution in [0.4, 0.5) is 4.79 Å². The summed E-state index contributed by atoms with van der Waals surface area (Å²) in [7, 11) is 3.86. The third-order valence-corrected chi connectivity index (χ3v) is 6.24. The Hall–Kier alpha value is -2.12. The average Bonchev–Trinajstić information content (AvgIpc) is 2.91. The van der Waals surface area contributed by atoms with Crippen LogP contribution in [0.1, 0.15) is 50.1 Å².